The van der Waals surface area contributed by atoms with Crippen LogP contribution in [-0.2, 0) is 14.3 Å². The first-order valence-corrected chi connectivity index (χ1v) is 5.98. The number of rotatable bonds is 3. The minimum atomic E-state index is -0.583. The number of carbonyl (C=O) groups is 1. The highest BCUT2D eigenvalue weighted by Gasteiger charge is 2.28. The van der Waals surface area contributed by atoms with Crippen LogP contribution in [0.4, 0.5) is 5.82 Å². The van der Waals surface area contributed by atoms with E-state index in [1.807, 2.05) is 4.90 Å². The molecule has 2 heterocycles. The van der Waals surface area contributed by atoms with Gasteiger partial charge < -0.3 is 19.1 Å². The molecule has 1 aromatic heterocycles. The molecule has 19 heavy (non-hydrogen) atoms. The van der Waals surface area contributed by atoms with Gasteiger partial charge >= 0.3 is 5.97 Å². The molecule has 0 saturated carbocycles. The van der Waals surface area contributed by atoms with E-state index in [0.29, 0.717) is 31.4 Å². The first kappa shape index (κ1) is 13.5. The van der Waals surface area contributed by atoms with Gasteiger partial charge in [-0.05, 0) is 6.92 Å². The molecule has 1 aliphatic rings. The fourth-order valence-corrected chi connectivity index (χ4v) is 1.92. The van der Waals surface area contributed by atoms with E-state index in [1.165, 1.54) is 7.11 Å². The van der Waals surface area contributed by atoms with E-state index in [4.69, 9.17) is 14.2 Å². The molecule has 7 heteroatoms. The number of aryl methyl sites for hydroxylation is 1. The lowest BCUT2D eigenvalue weighted by molar-refractivity contribution is -0.154. The van der Waals surface area contributed by atoms with Crippen molar-refractivity contribution in [2.75, 3.05) is 38.8 Å². The summed E-state index contributed by atoms with van der Waals surface area (Å²) in [7, 11) is 2.91. The normalized spacial score (nSPS) is 19.1. The van der Waals surface area contributed by atoms with Crippen LogP contribution in [-0.4, -0.2) is 56.0 Å². The minimum absolute atomic E-state index is 0.373. The van der Waals surface area contributed by atoms with Crippen LogP contribution in [0, 0.1) is 6.92 Å². The standard InChI is InChI=1S/C12H17N3O4/c1-8-13-10(6-11(14-8)17-2)15-4-5-19-9(7-15)12(16)18-3/h6,9H,4-5,7H2,1-3H3. The lowest BCUT2D eigenvalue weighted by Crippen LogP contribution is -2.47. The third-order valence-corrected chi connectivity index (χ3v) is 2.86. The SMILES string of the molecule is COC(=O)C1CN(c2cc(OC)nc(C)n2)CCO1. The highest BCUT2D eigenvalue weighted by atomic mass is 16.6. The summed E-state index contributed by atoms with van der Waals surface area (Å²) in [5, 5.41) is 0. The highest BCUT2D eigenvalue weighted by molar-refractivity contribution is 5.75. The van der Waals surface area contributed by atoms with E-state index >= 15 is 0 Å². The molecule has 0 aromatic carbocycles. The van der Waals surface area contributed by atoms with Crippen molar-refractivity contribution in [3.63, 3.8) is 0 Å². The first-order chi connectivity index (χ1) is 9.13. The number of carbonyl (C=O) groups excluding carboxylic acids is 1. The van der Waals surface area contributed by atoms with Crippen molar-refractivity contribution >= 4 is 11.8 Å². The van der Waals surface area contributed by atoms with E-state index < -0.39 is 6.10 Å². The fraction of sp³-hybridized carbons (Fsp3) is 0.583. The number of anilines is 1. The Morgan fingerprint density at radius 1 is 1.47 bits per heavy atom. The largest absolute Gasteiger partial charge is 0.481 e. The summed E-state index contributed by atoms with van der Waals surface area (Å²) in [6.07, 6.45) is -0.583. The number of esters is 1. The second-order valence-corrected chi connectivity index (χ2v) is 4.14. The summed E-state index contributed by atoms with van der Waals surface area (Å²) in [5.74, 6) is 1.48. The topological polar surface area (TPSA) is 73.8 Å². The Morgan fingerprint density at radius 3 is 2.95 bits per heavy atom. The molecule has 0 bridgehead atoms. The molecule has 104 valence electrons. The fourth-order valence-electron chi connectivity index (χ4n) is 1.92. The van der Waals surface area contributed by atoms with Crippen molar-refractivity contribution in [2.24, 2.45) is 0 Å². The summed E-state index contributed by atoms with van der Waals surface area (Å²) < 4.78 is 15.2. The van der Waals surface area contributed by atoms with E-state index in [0.717, 1.165) is 5.82 Å². The smallest absolute Gasteiger partial charge is 0.336 e. The van der Waals surface area contributed by atoms with Gasteiger partial charge in [0.2, 0.25) is 5.88 Å². The predicted octanol–water partition coefficient (Wildman–Crippen LogP) is 0.172. The van der Waals surface area contributed by atoms with Gasteiger partial charge in [0.05, 0.1) is 27.4 Å². The van der Waals surface area contributed by atoms with Gasteiger partial charge in [-0.15, -0.1) is 0 Å². The van der Waals surface area contributed by atoms with Gasteiger partial charge in [-0.2, -0.15) is 4.98 Å². The van der Waals surface area contributed by atoms with Crippen LogP contribution in [0.1, 0.15) is 5.82 Å². The number of nitrogens with zero attached hydrogens (tertiary/aromatic N) is 3. The molecule has 0 spiro atoms. The quantitative estimate of drug-likeness (QED) is 0.723. The minimum Gasteiger partial charge on any atom is -0.481 e. The summed E-state index contributed by atoms with van der Waals surface area (Å²) in [5.41, 5.74) is 0. The molecule has 0 aliphatic carbocycles. The number of aromatic nitrogens is 2. The van der Waals surface area contributed by atoms with Crippen molar-refractivity contribution in [1.29, 1.82) is 0 Å². The Labute approximate surface area is 111 Å². The van der Waals surface area contributed by atoms with Gasteiger partial charge in [0.25, 0.3) is 0 Å². The zero-order chi connectivity index (χ0) is 13.8. The molecule has 1 unspecified atom stereocenters. The maximum Gasteiger partial charge on any atom is 0.336 e. The summed E-state index contributed by atoms with van der Waals surface area (Å²) in [4.78, 5) is 21.9. The Morgan fingerprint density at radius 2 is 2.26 bits per heavy atom. The molecule has 0 radical (unpaired) electrons. The summed E-state index contributed by atoms with van der Waals surface area (Å²) in [6.45, 7) is 3.31. The lowest BCUT2D eigenvalue weighted by Gasteiger charge is -2.32. The zero-order valence-corrected chi connectivity index (χ0v) is 11.3. The molecule has 7 nitrogen and oxygen atoms in total. The van der Waals surface area contributed by atoms with E-state index in [2.05, 4.69) is 9.97 Å². The van der Waals surface area contributed by atoms with Gasteiger partial charge in [0, 0.05) is 12.6 Å². The van der Waals surface area contributed by atoms with Crippen LogP contribution in [0.3, 0.4) is 0 Å². The van der Waals surface area contributed by atoms with Gasteiger partial charge in [-0.3, -0.25) is 0 Å². The van der Waals surface area contributed by atoms with Crippen LogP contribution in [0.2, 0.25) is 0 Å². The molecular weight excluding hydrogens is 250 g/mol. The third kappa shape index (κ3) is 3.11. The van der Waals surface area contributed by atoms with Crippen molar-refractivity contribution < 1.29 is 19.0 Å². The molecule has 0 amide bonds. The Balaban J connectivity index is 2.17. The number of ether oxygens (including phenoxy) is 3. The van der Waals surface area contributed by atoms with Crippen LogP contribution in [0.5, 0.6) is 5.88 Å². The van der Waals surface area contributed by atoms with E-state index in [9.17, 15) is 4.79 Å². The molecule has 0 N–H and O–H groups in total. The van der Waals surface area contributed by atoms with E-state index in [1.54, 1.807) is 20.1 Å². The van der Waals surface area contributed by atoms with E-state index in [-0.39, 0.29) is 5.97 Å². The second kappa shape index (κ2) is 5.83. The Kier molecular flexibility index (Phi) is 4.16. The second-order valence-electron chi connectivity index (χ2n) is 4.14. The number of morpholine rings is 1. The van der Waals surface area contributed by atoms with Gasteiger partial charge in [0.1, 0.15) is 11.6 Å². The predicted molar refractivity (Wildman–Crippen MR) is 67.3 cm³/mol. The summed E-state index contributed by atoms with van der Waals surface area (Å²) in [6, 6.07) is 1.74. The number of hydrogen-bond acceptors (Lipinski definition) is 7. The maximum absolute atomic E-state index is 11.5. The van der Waals surface area contributed by atoms with Crippen molar-refractivity contribution in [2.45, 2.75) is 13.0 Å². The molecule has 1 aliphatic heterocycles. The third-order valence-electron chi connectivity index (χ3n) is 2.86. The molecule has 1 fully saturated rings. The summed E-state index contributed by atoms with van der Waals surface area (Å²) >= 11 is 0. The molecule has 1 atom stereocenters. The van der Waals surface area contributed by atoms with Crippen LogP contribution < -0.4 is 9.64 Å². The zero-order valence-electron chi connectivity index (χ0n) is 11.3. The van der Waals surface area contributed by atoms with Crippen LogP contribution in [0.25, 0.3) is 0 Å². The first-order valence-electron chi connectivity index (χ1n) is 5.98. The Hall–Kier alpha value is -1.89. The number of methoxy groups -OCH3 is 2. The molecule has 1 saturated heterocycles. The number of hydrogen-bond donors (Lipinski definition) is 0. The molecule has 2 rings (SSSR count). The molecular formula is C12H17N3O4. The molecule has 1 aromatic rings. The van der Waals surface area contributed by atoms with Crippen molar-refractivity contribution in [3.8, 4) is 5.88 Å². The highest BCUT2D eigenvalue weighted by Crippen LogP contribution is 2.20. The van der Waals surface area contributed by atoms with Crippen molar-refractivity contribution in [3.05, 3.63) is 11.9 Å². The van der Waals surface area contributed by atoms with Crippen LogP contribution >= 0.6 is 0 Å². The Bertz CT molecular complexity index is 466. The average Bonchev–Trinajstić information content (AvgIpc) is 2.45. The maximum atomic E-state index is 11.5. The van der Waals surface area contributed by atoms with Crippen LogP contribution in [0.15, 0.2) is 6.07 Å². The van der Waals surface area contributed by atoms with Gasteiger partial charge in [-0.25, -0.2) is 9.78 Å². The monoisotopic (exact) mass is 267 g/mol. The average molecular weight is 267 g/mol. The van der Waals surface area contributed by atoms with Gasteiger partial charge in [-0.1, -0.05) is 0 Å². The lowest BCUT2D eigenvalue weighted by atomic mass is 10.2. The van der Waals surface area contributed by atoms with Gasteiger partial charge in [0.15, 0.2) is 6.10 Å². The van der Waals surface area contributed by atoms with Crippen molar-refractivity contribution in [1.82, 2.24) is 9.97 Å².